The topological polar surface area (TPSA) is 129 Å². The number of carbonyl (C=O) groups excluding carboxylic acids is 3. The molecule has 3 heterocycles. The highest BCUT2D eigenvalue weighted by Crippen LogP contribution is 2.35. The highest BCUT2D eigenvalue weighted by molar-refractivity contribution is 7.89. The van der Waals surface area contributed by atoms with E-state index in [1.165, 1.54) is 17.3 Å². The van der Waals surface area contributed by atoms with Crippen molar-refractivity contribution in [2.24, 2.45) is 5.41 Å². The molecule has 13 heteroatoms. The van der Waals surface area contributed by atoms with Crippen molar-refractivity contribution in [3.63, 3.8) is 0 Å². The Morgan fingerprint density at radius 1 is 1.00 bits per heavy atom. The molecule has 5 rings (SSSR count). The number of piperidine rings is 1. The smallest absolute Gasteiger partial charge is 0.302 e. The van der Waals surface area contributed by atoms with Crippen molar-refractivity contribution in [3.8, 4) is 0 Å². The Bertz CT molecular complexity index is 1610. The summed E-state index contributed by atoms with van der Waals surface area (Å²) in [6, 6.07) is 13.9. The molecule has 228 valence electrons. The maximum atomic E-state index is 13.6. The number of amides is 2. The lowest BCUT2D eigenvalue weighted by atomic mass is 9.76. The molecule has 3 aromatic rings. The monoisotopic (exact) mass is 627 g/mol. The molecule has 0 spiro atoms. The third-order valence-corrected chi connectivity index (χ3v) is 10.2. The average molecular weight is 628 g/mol. The Hall–Kier alpha value is -3.74. The van der Waals surface area contributed by atoms with Gasteiger partial charge in [-0.1, -0.05) is 23.7 Å². The van der Waals surface area contributed by atoms with E-state index in [2.05, 4.69) is 15.2 Å². The summed E-state index contributed by atoms with van der Waals surface area (Å²) < 4.78 is 33.2. The van der Waals surface area contributed by atoms with Crippen molar-refractivity contribution in [3.05, 3.63) is 65.9 Å². The van der Waals surface area contributed by atoms with Gasteiger partial charge in [0, 0.05) is 62.8 Å². The van der Waals surface area contributed by atoms with Crippen LogP contribution in [0.3, 0.4) is 0 Å². The number of nitrogens with one attached hydrogen (secondary N) is 1. The molecule has 43 heavy (non-hydrogen) atoms. The molecule has 0 unspecified atom stereocenters. The minimum Gasteiger partial charge on any atom is -0.464 e. The number of carbonyl (C=O) groups is 3. The van der Waals surface area contributed by atoms with Gasteiger partial charge in [-0.3, -0.25) is 19.4 Å². The summed E-state index contributed by atoms with van der Waals surface area (Å²) in [6.45, 7) is 2.84. The Labute approximate surface area is 255 Å². The molecule has 2 fully saturated rings. The van der Waals surface area contributed by atoms with E-state index in [0.29, 0.717) is 31.0 Å². The molecule has 2 aliphatic heterocycles. The molecule has 0 atom stereocenters. The summed E-state index contributed by atoms with van der Waals surface area (Å²) >= 11 is 6.06. The van der Waals surface area contributed by atoms with E-state index in [1.807, 2.05) is 12.1 Å². The number of fused-ring (bicyclic) bond motifs is 1. The Morgan fingerprint density at radius 2 is 1.70 bits per heavy atom. The van der Waals surface area contributed by atoms with Crippen LogP contribution in [0.15, 0.2) is 65.8 Å². The lowest BCUT2D eigenvalue weighted by molar-refractivity contribution is -0.144. The van der Waals surface area contributed by atoms with Gasteiger partial charge < -0.3 is 19.9 Å². The number of hydrogen-bond acceptors (Lipinski definition) is 8. The number of hydrogen-bond donors (Lipinski definition) is 1. The molecule has 1 aromatic heterocycles. The van der Waals surface area contributed by atoms with E-state index < -0.39 is 21.4 Å². The van der Waals surface area contributed by atoms with Gasteiger partial charge in [0.1, 0.15) is 6.61 Å². The van der Waals surface area contributed by atoms with E-state index in [4.69, 9.17) is 16.3 Å². The first-order valence-corrected chi connectivity index (χ1v) is 15.9. The zero-order chi connectivity index (χ0) is 30.6. The minimum atomic E-state index is -3.92. The number of rotatable bonds is 9. The fourth-order valence-corrected chi connectivity index (χ4v) is 7.28. The van der Waals surface area contributed by atoms with Crippen LogP contribution < -0.4 is 10.2 Å². The molecule has 2 aromatic carbocycles. The number of esters is 1. The van der Waals surface area contributed by atoms with E-state index in [9.17, 15) is 22.8 Å². The third-order valence-electron chi connectivity index (χ3n) is 8.11. The predicted molar refractivity (Wildman–Crippen MR) is 162 cm³/mol. The van der Waals surface area contributed by atoms with Gasteiger partial charge >= 0.3 is 5.97 Å². The van der Waals surface area contributed by atoms with Gasteiger partial charge in [0.25, 0.3) is 0 Å². The Balaban J connectivity index is 1.28. The van der Waals surface area contributed by atoms with Crippen molar-refractivity contribution in [2.45, 2.75) is 24.7 Å². The molecule has 2 saturated heterocycles. The van der Waals surface area contributed by atoms with Gasteiger partial charge in [0.05, 0.1) is 23.4 Å². The summed E-state index contributed by atoms with van der Waals surface area (Å²) in [5, 5.41) is 4.99. The zero-order valence-electron chi connectivity index (χ0n) is 23.9. The van der Waals surface area contributed by atoms with E-state index >= 15 is 0 Å². The zero-order valence-corrected chi connectivity index (χ0v) is 25.4. The van der Waals surface area contributed by atoms with Crippen LogP contribution in [0.5, 0.6) is 0 Å². The normalized spacial score (nSPS) is 17.6. The Morgan fingerprint density at radius 3 is 2.40 bits per heavy atom. The maximum absolute atomic E-state index is 13.6. The van der Waals surface area contributed by atoms with Crippen LogP contribution in [0.2, 0.25) is 5.02 Å². The summed E-state index contributed by atoms with van der Waals surface area (Å²) in [5.74, 6) is -1.000. The largest absolute Gasteiger partial charge is 0.464 e. The molecule has 0 radical (unpaired) electrons. The lowest BCUT2D eigenvalue weighted by Crippen LogP contribution is -2.59. The number of ether oxygens (including phenoxy) is 1. The van der Waals surface area contributed by atoms with Crippen molar-refractivity contribution in [2.75, 3.05) is 57.3 Å². The van der Waals surface area contributed by atoms with Gasteiger partial charge in [-0.05, 0) is 60.0 Å². The van der Waals surface area contributed by atoms with Crippen LogP contribution in [0.1, 0.15) is 19.8 Å². The van der Waals surface area contributed by atoms with Crippen LogP contribution in [0.4, 0.5) is 5.69 Å². The van der Waals surface area contributed by atoms with E-state index in [-0.39, 0.29) is 56.0 Å². The van der Waals surface area contributed by atoms with Crippen molar-refractivity contribution in [1.29, 1.82) is 0 Å². The number of pyridine rings is 1. The molecule has 0 bridgehead atoms. The second kappa shape index (κ2) is 12.9. The average Bonchev–Trinajstić information content (AvgIpc) is 3.00. The summed E-state index contributed by atoms with van der Waals surface area (Å²) in [5.41, 5.74) is 0.126. The Kier molecular flexibility index (Phi) is 9.19. The highest BCUT2D eigenvalue weighted by atomic mass is 35.5. The fraction of sp³-hybridized carbons (Fsp3) is 0.400. The van der Waals surface area contributed by atoms with Crippen LogP contribution in [-0.4, -0.2) is 92.8 Å². The summed E-state index contributed by atoms with van der Waals surface area (Å²) in [6.07, 6.45) is 4.42. The standard InChI is InChI=1S/C30H34ClN5O6S/c1-22(37)42-17-12-33-29(39)30(8-13-34(14-9-30)26-6-10-32-11-7-26)21-35-15-16-36(20-28(35)38)43(40,41)27-5-3-23-18-25(31)4-2-24(23)19-27/h2-7,10-11,18-19H,8-9,12-17,20-21H2,1H3,(H,33,39). The number of aromatic nitrogens is 1. The summed E-state index contributed by atoms with van der Waals surface area (Å²) in [4.78, 5) is 46.1. The van der Waals surface area contributed by atoms with Crippen molar-refractivity contribution < 1.29 is 27.5 Å². The van der Waals surface area contributed by atoms with Crippen LogP contribution in [-0.2, 0) is 29.1 Å². The molecule has 2 aliphatic rings. The van der Waals surface area contributed by atoms with Gasteiger partial charge in [-0.25, -0.2) is 8.42 Å². The first kappa shape index (κ1) is 30.7. The quantitative estimate of drug-likeness (QED) is 0.283. The number of anilines is 1. The van der Waals surface area contributed by atoms with Gasteiger partial charge in [0.2, 0.25) is 21.8 Å². The fourth-order valence-electron chi connectivity index (χ4n) is 5.68. The molecule has 11 nitrogen and oxygen atoms in total. The molecular formula is C30H34ClN5O6S. The minimum absolute atomic E-state index is 0.0531. The van der Waals surface area contributed by atoms with Crippen LogP contribution >= 0.6 is 11.6 Å². The van der Waals surface area contributed by atoms with Crippen LogP contribution in [0.25, 0.3) is 10.8 Å². The number of piperazine rings is 1. The first-order valence-electron chi connectivity index (χ1n) is 14.1. The highest BCUT2D eigenvalue weighted by Gasteiger charge is 2.45. The summed E-state index contributed by atoms with van der Waals surface area (Å²) in [7, 11) is -3.92. The van der Waals surface area contributed by atoms with Gasteiger partial charge in [-0.2, -0.15) is 4.31 Å². The molecule has 2 amide bonds. The van der Waals surface area contributed by atoms with E-state index in [0.717, 1.165) is 16.5 Å². The molecule has 0 saturated carbocycles. The number of nitrogens with zero attached hydrogens (tertiary/aromatic N) is 4. The first-order chi connectivity index (χ1) is 20.6. The number of halogens is 1. The SMILES string of the molecule is CC(=O)OCCNC(=O)C1(CN2CCN(S(=O)(=O)c3ccc4cc(Cl)ccc4c3)CC2=O)CCN(c2ccncc2)CC1. The second-order valence-corrected chi connectivity index (χ2v) is 13.3. The number of sulfonamides is 1. The third kappa shape index (κ3) is 6.92. The molecule has 0 aliphatic carbocycles. The predicted octanol–water partition coefficient (Wildman–Crippen LogP) is 2.69. The molecular weight excluding hydrogens is 594 g/mol. The maximum Gasteiger partial charge on any atom is 0.302 e. The second-order valence-electron chi connectivity index (χ2n) is 10.9. The van der Waals surface area contributed by atoms with Crippen molar-refractivity contribution >= 4 is 55.9 Å². The van der Waals surface area contributed by atoms with Crippen molar-refractivity contribution in [1.82, 2.24) is 19.5 Å². The van der Waals surface area contributed by atoms with E-state index in [1.54, 1.807) is 47.6 Å². The van der Waals surface area contributed by atoms with Gasteiger partial charge in [0.15, 0.2) is 0 Å². The van der Waals surface area contributed by atoms with Gasteiger partial charge in [-0.15, -0.1) is 0 Å². The molecule has 1 N–H and O–H groups in total. The van der Waals surface area contributed by atoms with Crippen LogP contribution in [0, 0.1) is 5.41 Å². The lowest BCUT2D eigenvalue weighted by Gasteiger charge is -2.45. The number of benzene rings is 2.